The lowest BCUT2D eigenvalue weighted by Gasteiger charge is -2.10. The second-order valence-corrected chi connectivity index (χ2v) is 6.89. The molecule has 3 rings (SSSR count). The first-order valence-electron chi connectivity index (χ1n) is 9.18. The summed E-state index contributed by atoms with van der Waals surface area (Å²) in [6, 6.07) is 4.30. The van der Waals surface area contributed by atoms with Gasteiger partial charge in [0.05, 0.1) is 22.5 Å². The summed E-state index contributed by atoms with van der Waals surface area (Å²) < 4.78 is 92.3. The summed E-state index contributed by atoms with van der Waals surface area (Å²) in [4.78, 5) is 19.0. The number of rotatable bonds is 3. The van der Waals surface area contributed by atoms with Gasteiger partial charge in [-0.1, -0.05) is 23.6 Å². The minimum Gasteiger partial charge on any atom is -0.300 e. The van der Waals surface area contributed by atoms with Crippen LogP contribution in [0, 0.1) is 17.7 Å². The maximum absolute atomic E-state index is 14.0. The number of hydrogen-bond donors (Lipinski definition) is 1. The highest BCUT2D eigenvalue weighted by atomic mass is 35.5. The predicted octanol–water partition coefficient (Wildman–Crippen LogP) is 5.07. The third-order valence-corrected chi connectivity index (χ3v) is 4.48. The highest BCUT2D eigenvalue weighted by molar-refractivity contribution is 6.31. The van der Waals surface area contributed by atoms with Gasteiger partial charge in [-0.2, -0.15) is 31.4 Å². The van der Waals surface area contributed by atoms with E-state index in [1.807, 2.05) is 0 Å². The van der Waals surface area contributed by atoms with Crippen molar-refractivity contribution in [3.8, 4) is 23.2 Å². The maximum Gasteiger partial charge on any atom is 0.471 e. The molecule has 0 radical (unpaired) electrons. The van der Waals surface area contributed by atoms with Crippen LogP contribution in [0.15, 0.2) is 30.5 Å². The fraction of sp³-hybridized carbons (Fsp3) is 0.200. The molecule has 0 saturated heterocycles. The smallest absolute Gasteiger partial charge is 0.300 e. The third kappa shape index (κ3) is 5.45. The zero-order chi connectivity index (χ0) is 25.3. The van der Waals surface area contributed by atoms with Gasteiger partial charge >= 0.3 is 18.3 Å². The number of carbonyl (C=O) groups is 1. The van der Waals surface area contributed by atoms with Crippen LogP contribution in [0.3, 0.4) is 0 Å². The van der Waals surface area contributed by atoms with E-state index in [-0.39, 0.29) is 28.5 Å². The Bertz CT molecular complexity index is 1290. The SMILES string of the molecule is CCn1nc(C(F)(F)F)cc1-c1cnc(NC(=O)C(F)(F)F)c(C#Cc2c(F)cccc2Cl)n1. The Morgan fingerprint density at radius 2 is 1.88 bits per heavy atom. The van der Waals surface area contributed by atoms with Gasteiger partial charge in [-0.3, -0.25) is 9.48 Å². The number of anilines is 1. The molecule has 0 aliphatic heterocycles. The average molecular weight is 506 g/mol. The largest absolute Gasteiger partial charge is 0.471 e. The van der Waals surface area contributed by atoms with Crippen molar-refractivity contribution < 1.29 is 35.5 Å². The zero-order valence-corrected chi connectivity index (χ0v) is 17.6. The summed E-state index contributed by atoms with van der Waals surface area (Å²) >= 11 is 5.88. The van der Waals surface area contributed by atoms with Crippen LogP contribution in [-0.2, 0) is 17.5 Å². The second kappa shape index (κ2) is 9.30. The molecule has 1 N–H and O–H groups in total. The Morgan fingerprint density at radius 3 is 2.47 bits per heavy atom. The van der Waals surface area contributed by atoms with Gasteiger partial charge in [0.2, 0.25) is 0 Å². The van der Waals surface area contributed by atoms with Crippen LogP contribution in [0.4, 0.5) is 36.6 Å². The van der Waals surface area contributed by atoms with Gasteiger partial charge in [0.1, 0.15) is 11.5 Å². The molecule has 3 aromatic rings. The Kier molecular flexibility index (Phi) is 6.83. The fourth-order valence-corrected chi connectivity index (χ4v) is 2.82. The number of nitrogens with zero attached hydrogens (tertiary/aromatic N) is 4. The minimum atomic E-state index is -5.28. The first-order chi connectivity index (χ1) is 15.8. The summed E-state index contributed by atoms with van der Waals surface area (Å²) in [6.45, 7) is 1.49. The summed E-state index contributed by atoms with van der Waals surface area (Å²) in [6.07, 6.45) is -9.20. The van der Waals surface area contributed by atoms with E-state index in [4.69, 9.17) is 11.6 Å². The van der Waals surface area contributed by atoms with E-state index in [9.17, 15) is 35.5 Å². The molecular weight excluding hydrogens is 495 g/mol. The van der Waals surface area contributed by atoms with Gasteiger partial charge in [-0.25, -0.2) is 14.4 Å². The number of aromatic nitrogens is 4. The maximum atomic E-state index is 14.0. The molecule has 0 aliphatic carbocycles. The van der Waals surface area contributed by atoms with E-state index >= 15 is 0 Å². The van der Waals surface area contributed by atoms with E-state index in [1.165, 1.54) is 24.4 Å². The van der Waals surface area contributed by atoms with Gasteiger partial charge in [-0.05, 0) is 31.0 Å². The molecule has 0 bridgehead atoms. The van der Waals surface area contributed by atoms with Crippen molar-refractivity contribution in [1.29, 1.82) is 0 Å². The van der Waals surface area contributed by atoms with Gasteiger partial charge in [0.15, 0.2) is 17.2 Å². The topological polar surface area (TPSA) is 72.7 Å². The van der Waals surface area contributed by atoms with E-state index < -0.39 is 41.3 Å². The lowest BCUT2D eigenvalue weighted by Crippen LogP contribution is -2.30. The molecule has 14 heteroatoms. The minimum absolute atomic E-state index is 0.00843. The quantitative estimate of drug-likeness (QED) is 0.398. The van der Waals surface area contributed by atoms with Crippen LogP contribution in [-0.4, -0.2) is 31.8 Å². The van der Waals surface area contributed by atoms with Crippen LogP contribution in [0.2, 0.25) is 5.02 Å². The predicted molar refractivity (Wildman–Crippen MR) is 106 cm³/mol. The molecule has 6 nitrogen and oxygen atoms in total. The molecule has 34 heavy (non-hydrogen) atoms. The van der Waals surface area contributed by atoms with Crippen molar-refractivity contribution >= 4 is 23.3 Å². The zero-order valence-electron chi connectivity index (χ0n) is 16.8. The number of benzene rings is 1. The molecule has 178 valence electrons. The Labute approximate surface area is 191 Å². The number of aryl methyl sites for hydroxylation is 1. The number of alkyl halides is 6. The molecule has 0 saturated carbocycles. The first-order valence-corrected chi connectivity index (χ1v) is 9.55. The number of nitrogens with one attached hydrogen (secondary N) is 1. The standard InChI is InChI=1S/C20H11ClF7N5O/c1-2-33-15(8-16(32-33)19(23,24)25)14-9-29-17(31-18(34)20(26,27)28)13(30-14)7-6-10-11(21)4-3-5-12(10)22/h3-5,8-9H,2H2,1H3,(H,29,31,34). The monoisotopic (exact) mass is 505 g/mol. The summed E-state index contributed by atoms with van der Waals surface area (Å²) in [5, 5.41) is 4.80. The number of carbonyl (C=O) groups excluding carboxylic acids is 1. The number of hydrogen-bond acceptors (Lipinski definition) is 4. The van der Waals surface area contributed by atoms with Crippen LogP contribution in [0.1, 0.15) is 23.9 Å². The molecule has 2 heterocycles. The van der Waals surface area contributed by atoms with Gasteiger partial charge in [0.25, 0.3) is 0 Å². The first kappa shape index (κ1) is 25.0. The molecule has 0 spiro atoms. The number of halogens is 8. The summed E-state index contributed by atoms with van der Waals surface area (Å²) in [7, 11) is 0. The third-order valence-electron chi connectivity index (χ3n) is 4.16. The van der Waals surface area contributed by atoms with Crippen molar-refractivity contribution in [2.75, 3.05) is 5.32 Å². The van der Waals surface area contributed by atoms with Crippen LogP contribution >= 0.6 is 11.6 Å². The van der Waals surface area contributed by atoms with Crippen molar-refractivity contribution in [2.24, 2.45) is 0 Å². The average Bonchev–Trinajstić information content (AvgIpc) is 3.18. The Morgan fingerprint density at radius 1 is 1.18 bits per heavy atom. The molecule has 0 fully saturated rings. The Balaban J connectivity index is 2.16. The Hall–Kier alpha value is -3.66. The lowest BCUT2D eigenvalue weighted by molar-refractivity contribution is -0.167. The number of amides is 1. The van der Waals surface area contributed by atoms with Crippen LogP contribution in [0.25, 0.3) is 11.4 Å². The molecule has 2 aromatic heterocycles. The lowest BCUT2D eigenvalue weighted by atomic mass is 10.2. The molecule has 0 atom stereocenters. The van der Waals surface area contributed by atoms with Crippen molar-refractivity contribution in [1.82, 2.24) is 19.7 Å². The van der Waals surface area contributed by atoms with E-state index in [0.717, 1.165) is 16.9 Å². The normalized spacial score (nSPS) is 11.7. The fourth-order valence-electron chi connectivity index (χ4n) is 2.61. The van der Waals surface area contributed by atoms with E-state index in [2.05, 4.69) is 26.9 Å². The van der Waals surface area contributed by atoms with Crippen molar-refractivity contribution in [3.63, 3.8) is 0 Å². The summed E-state index contributed by atoms with van der Waals surface area (Å²) in [5.74, 6) is 0.584. The van der Waals surface area contributed by atoms with Crippen LogP contribution in [0.5, 0.6) is 0 Å². The molecule has 1 amide bonds. The second-order valence-electron chi connectivity index (χ2n) is 6.48. The van der Waals surface area contributed by atoms with Gasteiger partial charge in [0, 0.05) is 6.54 Å². The molecular formula is C20H11ClF7N5O. The molecule has 0 aliphatic rings. The highest BCUT2D eigenvalue weighted by Gasteiger charge is 2.39. The van der Waals surface area contributed by atoms with Crippen molar-refractivity contribution in [3.05, 3.63) is 58.3 Å². The summed E-state index contributed by atoms with van der Waals surface area (Å²) in [5.41, 5.74) is -2.53. The van der Waals surface area contributed by atoms with Crippen molar-refractivity contribution in [2.45, 2.75) is 25.8 Å². The van der Waals surface area contributed by atoms with Gasteiger partial charge in [-0.15, -0.1) is 0 Å². The molecule has 1 aromatic carbocycles. The van der Waals surface area contributed by atoms with Gasteiger partial charge < -0.3 is 5.32 Å². The highest BCUT2D eigenvalue weighted by Crippen LogP contribution is 2.31. The van der Waals surface area contributed by atoms with E-state index in [1.54, 1.807) is 0 Å². The molecule has 0 unspecified atom stereocenters. The van der Waals surface area contributed by atoms with E-state index in [0.29, 0.717) is 6.07 Å². The van der Waals surface area contributed by atoms with Crippen LogP contribution < -0.4 is 5.32 Å².